The van der Waals surface area contributed by atoms with Gasteiger partial charge in [-0.25, -0.2) is 4.39 Å². The highest BCUT2D eigenvalue weighted by Gasteiger charge is 2.43. The quantitative estimate of drug-likeness (QED) is 0.384. The van der Waals surface area contributed by atoms with Gasteiger partial charge in [-0.2, -0.15) is 0 Å². The summed E-state index contributed by atoms with van der Waals surface area (Å²) >= 11 is 0.817. The lowest BCUT2D eigenvalue weighted by atomic mass is 10.0. The third kappa shape index (κ3) is 2.83. The van der Waals surface area contributed by atoms with Crippen LogP contribution in [0.4, 0.5) is 4.39 Å². The number of rotatable bonds is 3. The zero-order chi connectivity index (χ0) is 12.3. The van der Waals surface area contributed by atoms with Crippen molar-refractivity contribution in [2.45, 2.75) is 28.9 Å². The van der Waals surface area contributed by atoms with Gasteiger partial charge in [-0.05, 0) is 0 Å². The van der Waals surface area contributed by atoms with Crippen molar-refractivity contribution in [3.05, 3.63) is 0 Å². The molecule has 5 atom stereocenters. The van der Waals surface area contributed by atoms with Crippen molar-refractivity contribution in [3.63, 3.8) is 0 Å². The SMILES string of the molecule is O=C(CF)NC1[C@H](O)SC(CO)[C@@H](O)[C@@H]1O. The second-order valence-electron chi connectivity index (χ2n) is 3.46. The van der Waals surface area contributed by atoms with Crippen LogP contribution in [0, 0.1) is 0 Å². The van der Waals surface area contributed by atoms with Crippen molar-refractivity contribution in [3.8, 4) is 0 Å². The molecule has 1 rings (SSSR count). The molecule has 1 heterocycles. The lowest BCUT2D eigenvalue weighted by Crippen LogP contribution is -2.60. The topological polar surface area (TPSA) is 110 Å². The molecule has 0 aliphatic carbocycles. The first-order valence-electron chi connectivity index (χ1n) is 4.67. The second-order valence-corrected chi connectivity index (χ2v) is 4.82. The molecule has 1 fully saturated rings. The van der Waals surface area contributed by atoms with E-state index in [1.165, 1.54) is 0 Å². The first kappa shape index (κ1) is 13.7. The van der Waals surface area contributed by atoms with Gasteiger partial charge in [0.1, 0.15) is 11.5 Å². The molecule has 1 amide bonds. The third-order valence-corrected chi connectivity index (χ3v) is 3.70. The van der Waals surface area contributed by atoms with Crippen molar-refractivity contribution < 1.29 is 29.6 Å². The first-order valence-corrected chi connectivity index (χ1v) is 5.61. The van der Waals surface area contributed by atoms with Crippen LogP contribution in [-0.4, -0.2) is 68.6 Å². The fraction of sp³-hybridized carbons (Fsp3) is 0.875. The normalized spacial score (nSPS) is 39.4. The van der Waals surface area contributed by atoms with E-state index in [9.17, 15) is 24.5 Å². The molecule has 94 valence electrons. The molecule has 0 aromatic rings. The number of carbonyl (C=O) groups is 1. The number of nitrogens with one attached hydrogen (secondary N) is 1. The van der Waals surface area contributed by atoms with Gasteiger partial charge >= 0.3 is 0 Å². The zero-order valence-corrected chi connectivity index (χ0v) is 9.10. The Morgan fingerprint density at radius 2 is 1.94 bits per heavy atom. The fourth-order valence-corrected chi connectivity index (χ4v) is 2.64. The van der Waals surface area contributed by atoms with Gasteiger partial charge in [-0.1, -0.05) is 0 Å². The molecule has 0 bridgehead atoms. The lowest BCUT2D eigenvalue weighted by Gasteiger charge is -2.39. The summed E-state index contributed by atoms with van der Waals surface area (Å²) in [5, 5.41) is 38.8. The minimum absolute atomic E-state index is 0.413. The Bertz CT molecular complexity index is 257. The van der Waals surface area contributed by atoms with Crippen LogP contribution in [0.1, 0.15) is 0 Å². The summed E-state index contributed by atoms with van der Waals surface area (Å²) in [6.45, 7) is -1.68. The van der Waals surface area contributed by atoms with Crippen LogP contribution in [0.25, 0.3) is 0 Å². The predicted octanol–water partition coefficient (Wildman–Crippen LogP) is -2.41. The highest BCUT2D eigenvalue weighted by molar-refractivity contribution is 8.00. The number of aliphatic hydroxyl groups is 4. The molecule has 0 aromatic carbocycles. The van der Waals surface area contributed by atoms with Gasteiger partial charge in [0.15, 0.2) is 6.67 Å². The molecule has 2 unspecified atom stereocenters. The monoisotopic (exact) mass is 255 g/mol. The fourth-order valence-electron chi connectivity index (χ4n) is 1.48. The Morgan fingerprint density at radius 3 is 2.44 bits per heavy atom. The summed E-state index contributed by atoms with van der Waals surface area (Å²) in [5.41, 5.74) is -1.20. The summed E-state index contributed by atoms with van der Waals surface area (Å²) in [7, 11) is 0. The van der Waals surface area contributed by atoms with Crippen LogP contribution in [0.15, 0.2) is 0 Å². The van der Waals surface area contributed by atoms with Crippen LogP contribution >= 0.6 is 11.8 Å². The largest absolute Gasteiger partial charge is 0.395 e. The van der Waals surface area contributed by atoms with Crippen LogP contribution in [0.3, 0.4) is 0 Å². The van der Waals surface area contributed by atoms with Crippen molar-refractivity contribution in [2.75, 3.05) is 13.3 Å². The van der Waals surface area contributed by atoms with E-state index in [0.29, 0.717) is 0 Å². The average molecular weight is 255 g/mol. The molecule has 0 radical (unpaired) electrons. The van der Waals surface area contributed by atoms with Gasteiger partial charge in [-0.3, -0.25) is 4.79 Å². The van der Waals surface area contributed by atoms with Crippen molar-refractivity contribution >= 4 is 17.7 Å². The predicted molar refractivity (Wildman–Crippen MR) is 54.4 cm³/mol. The van der Waals surface area contributed by atoms with Crippen LogP contribution in [0.2, 0.25) is 0 Å². The summed E-state index contributed by atoms with van der Waals surface area (Å²) < 4.78 is 12.0. The highest BCUT2D eigenvalue weighted by atomic mass is 32.2. The zero-order valence-electron chi connectivity index (χ0n) is 8.28. The lowest BCUT2D eigenvalue weighted by molar-refractivity contribution is -0.125. The molecule has 1 saturated heterocycles. The van der Waals surface area contributed by atoms with Gasteiger partial charge < -0.3 is 25.7 Å². The summed E-state index contributed by atoms with van der Waals surface area (Å²) in [4.78, 5) is 10.8. The van der Waals surface area contributed by atoms with Crippen molar-refractivity contribution in [2.24, 2.45) is 0 Å². The summed E-state index contributed by atoms with van der Waals surface area (Å²) in [6.07, 6.45) is -2.73. The van der Waals surface area contributed by atoms with Gasteiger partial charge in [-0.15, -0.1) is 11.8 Å². The maximum Gasteiger partial charge on any atom is 0.251 e. The highest BCUT2D eigenvalue weighted by Crippen LogP contribution is 2.31. The van der Waals surface area contributed by atoms with Crippen molar-refractivity contribution in [1.82, 2.24) is 5.32 Å². The van der Waals surface area contributed by atoms with Gasteiger partial charge in [0.2, 0.25) is 0 Å². The number of halogens is 1. The molecular weight excluding hydrogens is 241 g/mol. The average Bonchev–Trinajstić information content (AvgIpc) is 2.28. The van der Waals surface area contributed by atoms with Crippen molar-refractivity contribution in [1.29, 1.82) is 0 Å². The van der Waals surface area contributed by atoms with Crippen LogP contribution in [0.5, 0.6) is 0 Å². The number of carbonyl (C=O) groups excluding carboxylic acids is 1. The Balaban J connectivity index is 2.67. The van der Waals surface area contributed by atoms with E-state index in [1.807, 2.05) is 0 Å². The second kappa shape index (κ2) is 5.78. The minimum atomic E-state index is -1.44. The molecule has 0 spiro atoms. The molecule has 8 heteroatoms. The standard InChI is InChI=1S/C8H14FNO5S/c9-1-4(12)10-5-7(14)6(13)3(2-11)16-8(5)15/h3,5-8,11,13-15H,1-2H2,(H,10,12)/t3?,5?,6-,7-,8-/m1/s1. The van der Waals surface area contributed by atoms with E-state index < -0.39 is 48.1 Å². The number of alkyl halides is 1. The van der Waals surface area contributed by atoms with E-state index in [4.69, 9.17) is 5.11 Å². The van der Waals surface area contributed by atoms with E-state index in [1.54, 1.807) is 0 Å². The molecule has 1 aliphatic heterocycles. The maximum absolute atomic E-state index is 12.0. The van der Waals surface area contributed by atoms with E-state index in [-0.39, 0.29) is 0 Å². The number of thioether (sulfide) groups is 1. The number of aliphatic hydroxyl groups excluding tert-OH is 4. The molecule has 5 N–H and O–H groups in total. The number of hydrogen-bond acceptors (Lipinski definition) is 6. The molecule has 0 saturated carbocycles. The van der Waals surface area contributed by atoms with Gasteiger partial charge in [0.05, 0.1) is 24.0 Å². The van der Waals surface area contributed by atoms with Crippen LogP contribution in [-0.2, 0) is 4.79 Å². The molecule has 1 aliphatic rings. The van der Waals surface area contributed by atoms with Crippen LogP contribution < -0.4 is 5.32 Å². The van der Waals surface area contributed by atoms with Gasteiger partial charge in [0, 0.05) is 0 Å². The third-order valence-electron chi connectivity index (χ3n) is 2.35. The van der Waals surface area contributed by atoms with E-state index in [2.05, 4.69) is 5.32 Å². The number of amides is 1. The molecule has 16 heavy (non-hydrogen) atoms. The van der Waals surface area contributed by atoms with Gasteiger partial charge in [0.25, 0.3) is 5.91 Å². The smallest absolute Gasteiger partial charge is 0.251 e. The molecule has 0 aromatic heterocycles. The Kier molecular flexibility index (Phi) is 4.93. The molecule has 6 nitrogen and oxygen atoms in total. The Morgan fingerprint density at radius 1 is 1.31 bits per heavy atom. The number of hydrogen-bond donors (Lipinski definition) is 5. The Labute approximate surface area is 95.5 Å². The Hall–Kier alpha value is -0.410. The first-order chi connectivity index (χ1) is 7.51. The van der Waals surface area contributed by atoms with E-state index >= 15 is 0 Å². The summed E-state index contributed by atoms with van der Waals surface area (Å²) in [5.74, 6) is -0.974. The maximum atomic E-state index is 12.0. The molecular formula is C8H14FNO5S. The summed E-state index contributed by atoms with van der Waals surface area (Å²) in [6, 6.07) is -1.15. The van der Waals surface area contributed by atoms with E-state index in [0.717, 1.165) is 11.8 Å². The minimum Gasteiger partial charge on any atom is -0.395 e.